The van der Waals surface area contributed by atoms with Crippen molar-refractivity contribution in [1.82, 2.24) is 5.32 Å². The number of furan rings is 1. The number of benzene rings is 1. The smallest absolute Gasteiger partial charge is 0.387 e. The summed E-state index contributed by atoms with van der Waals surface area (Å²) in [4.78, 5) is 11.9. The molecule has 1 N–H and O–H groups in total. The third-order valence-electron chi connectivity index (χ3n) is 2.73. The number of halogens is 3. The minimum atomic E-state index is -2.88. The summed E-state index contributed by atoms with van der Waals surface area (Å²) in [5, 5.41) is 2.71. The predicted octanol–water partition coefficient (Wildman–Crippen LogP) is 4.13. The van der Waals surface area contributed by atoms with Gasteiger partial charge in [-0.3, -0.25) is 4.79 Å². The molecule has 1 heterocycles. The predicted molar refractivity (Wildman–Crippen MR) is 75.4 cm³/mol. The molecule has 112 valence electrons. The minimum Gasteiger partial charge on any atom is -0.444 e. The molecule has 1 unspecified atom stereocenters. The van der Waals surface area contributed by atoms with Crippen LogP contribution in [0.4, 0.5) is 8.78 Å². The summed E-state index contributed by atoms with van der Waals surface area (Å²) in [6.45, 7) is -1.15. The fraction of sp³-hybridized carbons (Fsp3) is 0.214. The van der Waals surface area contributed by atoms with Crippen molar-refractivity contribution in [2.24, 2.45) is 0 Å². The largest absolute Gasteiger partial charge is 0.444 e. The van der Waals surface area contributed by atoms with Crippen molar-refractivity contribution in [2.75, 3.05) is 0 Å². The summed E-state index contributed by atoms with van der Waals surface area (Å²) in [7, 11) is 0. The topological polar surface area (TPSA) is 51.5 Å². The Morgan fingerprint density at radius 2 is 2.10 bits per heavy atom. The number of hydrogen-bond acceptors (Lipinski definition) is 3. The molecule has 0 aliphatic carbocycles. The van der Waals surface area contributed by atoms with E-state index in [0.717, 1.165) is 0 Å². The van der Waals surface area contributed by atoms with Gasteiger partial charge in [-0.15, -0.1) is 0 Å². The average Bonchev–Trinajstić information content (AvgIpc) is 2.85. The van der Waals surface area contributed by atoms with E-state index in [0.29, 0.717) is 10.2 Å². The summed E-state index contributed by atoms with van der Waals surface area (Å²) in [5.74, 6) is -0.188. The molecular weight excluding hydrogens is 348 g/mol. The number of carbonyl (C=O) groups excluding carboxylic acids is 1. The maximum Gasteiger partial charge on any atom is 0.387 e. The van der Waals surface area contributed by atoms with Gasteiger partial charge in [0.25, 0.3) is 5.91 Å². The quantitative estimate of drug-likeness (QED) is 0.872. The standard InChI is InChI=1S/C14H12BrF2NO3/c1-8(18-13(19)11-5-6-12(15)21-11)9-3-2-4-10(7-9)20-14(16)17/h2-8,14H,1H3,(H,18,19). The van der Waals surface area contributed by atoms with Crippen LogP contribution in [0.2, 0.25) is 0 Å². The molecule has 0 aliphatic heterocycles. The van der Waals surface area contributed by atoms with Crippen molar-refractivity contribution in [3.63, 3.8) is 0 Å². The van der Waals surface area contributed by atoms with E-state index in [1.807, 2.05) is 0 Å². The van der Waals surface area contributed by atoms with Crippen LogP contribution in [-0.2, 0) is 0 Å². The van der Waals surface area contributed by atoms with Gasteiger partial charge in [-0.1, -0.05) is 12.1 Å². The van der Waals surface area contributed by atoms with Gasteiger partial charge in [0.05, 0.1) is 6.04 Å². The van der Waals surface area contributed by atoms with Gasteiger partial charge in [0.1, 0.15) is 5.75 Å². The van der Waals surface area contributed by atoms with Crippen molar-refractivity contribution >= 4 is 21.8 Å². The number of amides is 1. The first-order chi connectivity index (χ1) is 9.95. The van der Waals surface area contributed by atoms with Crippen LogP contribution in [0, 0.1) is 0 Å². The molecule has 4 nitrogen and oxygen atoms in total. The number of rotatable bonds is 5. The lowest BCUT2D eigenvalue weighted by Gasteiger charge is -2.14. The van der Waals surface area contributed by atoms with Crippen LogP contribution in [0.15, 0.2) is 45.5 Å². The molecule has 1 atom stereocenters. The van der Waals surface area contributed by atoms with E-state index in [-0.39, 0.29) is 17.6 Å². The van der Waals surface area contributed by atoms with Crippen molar-refractivity contribution < 1.29 is 22.7 Å². The molecule has 0 bridgehead atoms. The molecule has 2 rings (SSSR count). The highest BCUT2D eigenvalue weighted by molar-refractivity contribution is 9.10. The third kappa shape index (κ3) is 4.29. The van der Waals surface area contributed by atoms with Crippen molar-refractivity contribution in [3.8, 4) is 5.75 Å². The summed E-state index contributed by atoms with van der Waals surface area (Å²) < 4.78 is 34.3. The molecule has 0 aliphatic rings. The molecular formula is C14H12BrF2NO3. The maximum absolute atomic E-state index is 12.2. The number of alkyl halides is 2. The number of hydrogen-bond donors (Lipinski definition) is 1. The van der Waals surface area contributed by atoms with Gasteiger partial charge in [0, 0.05) is 0 Å². The van der Waals surface area contributed by atoms with E-state index >= 15 is 0 Å². The molecule has 1 amide bonds. The second kappa shape index (κ2) is 6.71. The molecule has 0 fully saturated rings. The summed E-state index contributed by atoms with van der Waals surface area (Å²) >= 11 is 3.11. The van der Waals surface area contributed by atoms with Crippen LogP contribution in [0.3, 0.4) is 0 Å². The van der Waals surface area contributed by atoms with E-state index < -0.39 is 12.5 Å². The average molecular weight is 360 g/mol. The monoisotopic (exact) mass is 359 g/mol. The first-order valence-electron chi connectivity index (χ1n) is 6.06. The Balaban J connectivity index is 2.06. The number of ether oxygens (including phenoxy) is 1. The van der Waals surface area contributed by atoms with Crippen LogP contribution in [0.25, 0.3) is 0 Å². The second-order valence-corrected chi connectivity index (χ2v) is 5.03. The second-order valence-electron chi connectivity index (χ2n) is 4.25. The zero-order chi connectivity index (χ0) is 15.4. The lowest BCUT2D eigenvalue weighted by molar-refractivity contribution is -0.0499. The van der Waals surface area contributed by atoms with Crippen molar-refractivity contribution in [3.05, 3.63) is 52.4 Å². The molecule has 7 heteroatoms. The normalized spacial score (nSPS) is 12.2. The Labute approximate surface area is 128 Å². The van der Waals surface area contributed by atoms with Crippen molar-refractivity contribution in [1.29, 1.82) is 0 Å². The highest BCUT2D eigenvalue weighted by atomic mass is 79.9. The fourth-order valence-electron chi connectivity index (χ4n) is 1.75. The molecule has 0 saturated carbocycles. The highest BCUT2D eigenvalue weighted by Crippen LogP contribution is 2.21. The molecule has 21 heavy (non-hydrogen) atoms. The molecule has 0 spiro atoms. The van der Waals surface area contributed by atoms with Gasteiger partial charge in [0.2, 0.25) is 0 Å². The molecule has 0 saturated heterocycles. The number of nitrogens with one attached hydrogen (secondary N) is 1. The van der Waals surface area contributed by atoms with Crippen LogP contribution >= 0.6 is 15.9 Å². The van der Waals surface area contributed by atoms with Crippen LogP contribution in [0.1, 0.15) is 29.1 Å². The van der Waals surface area contributed by atoms with E-state index in [2.05, 4.69) is 26.0 Å². The minimum absolute atomic E-state index is 0.0457. The lowest BCUT2D eigenvalue weighted by atomic mass is 10.1. The van der Waals surface area contributed by atoms with E-state index in [1.54, 1.807) is 25.1 Å². The van der Waals surface area contributed by atoms with Crippen LogP contribution in [0.5, 0.6) is 5.75 Å². The van der Waals surface area contributed by atoms with Gasteiger partial charge in [-0.25, -0.2) is 0 Å². The van der Waals surface area contributed by atoms with Crippen LogP contribution < -0.4 is 10.1 Å². The Kier molecular flexibility index (Phi) is 4.95. The maximum atomic E-state index is 12.2. The van der Waals surface area contributed by atoms with E-state index in [4.69, 9.17) is 4.42 Å². The van der Waals surface area contributed by atoms with Gasteiger partial charge in [0.15, 0.2) is 10.4 Å². The van der Waals surface area contributed by atoms with Gasteiger partial charge < -0.3 is 14.5 Å². The molecule has 0 radical (unpaired) electrons. The third-order valence-corrected chi connectivity index (χ3v) is 3.15. The lowest BCUT2D eigenvalue weighted by Crippen LogP contribution is -2.26. The fourth-order valence-corrected chi connectivity index (χ4v) is 2.05. The molecule has 2 aromatic rings. The molecule has 1 aromatic carbocycles. The van der Waals surface area contributed by atoms with Gasteiger partial charge in [-0.2, -0.15) is 8.78 Å². The Morgan fingerprint density at radius 1 is 1.33 bits per heavy atom. The zero-order valence-corrected chi connectivity index (χ0v) is 12.6. The molecule has 1 aromatic heterocycles. The number of carbonyl (C=O) groups is 1. The SMILES string of the molecule is CC(NC(=O)c1ccc(Br)o1)c1cccc(OC(F)F)c1. The van der Waals surface area contributed by atoms with Gasteiger partial charge >= 0.3 is 6.61 Å². The highest BCUT2D eigenvalue weighted by Gasteiger charge is 2.15. The Hall–Kier alpha value is -1.89. The Bertz CT molecular complexity index is 630. The first kappa shape index (κ1) is 15.5. The Morgan fingerprint density at radius 3 is 2.71 bits per heavy atom. The summed E-state index contributed by atoms with van der Waals surface area (Å²) in [6.07, 6.45) is 0. The van der Waals surface area contributed by atoms with Crippen LogP contribution in [-0.4, -0.2) is 12.5 Å². The van der Waals surface area contributed by atoms with E-state index in [1.165, 1.54) is 18.2 Å². The van der Waals surface area contributed by atoms with Crippen molar-refractivity contribution in [2.45, 2.75) is 19.6 Å². The summed E-state index contributed by atoms with van der Waals surface area (Å²) in [6, 6.07) is 8.92. The summed E-state index contributed by atoms with van der Waals surface area (Å²) in [5.41, 5.74) is 0.645. The van der Waals surface area contributed by atoms with E-state index in [9.17, 15) is 13.6 Å². The zero-order valence-electron chi connectivity index (χ0n) is 11.0. The van der Waals surface area contributed by atoms with Gasteiger partial charge in [-0.05, 0) is 52.7 Å². The first-order valence-corrected chi connectivity index (χ1v) is 6.86.